The van der Waals surface area contributed by atoms with E-state index in [1.807, 2.05) is 0 Å². The quantitative estimate of drug-likeness (QED) is 0.872. The molecule has 2 rings (SSSR count). The number of hydrogen-bond donors (Lipinski definition) is 1. The summed E-state index contributed by atoms with van der Waals surface area (Å²) in [5.74, 6) is 0. The Morgan fingerprint density at radius 1 is 1.24 bits per heavy atom. The van der Waals surface area contributed by atoms with Crippen LogP contribution in [0.25, 0.3) is 0 Å². The molecule has 3 nitrogen and oxygen atoms in total. The van der Waals surface area contributed by atoms with E-state index in [0.29, 0.717) is 0 Å². The second-order valence-electron chi connectivity index (χ2n) is 4.16. The number of hydrogen-bond acceptors (Lipinski definition) is 3. The number of nitrogens with one attached hydrogen (secondary N) is 1. The summed E-state index contributed by atoms with van der Waals surface area (Å²) >= 11 is 0. The van der Waals surface area contributed by atoms with Gasteiger partial charge in [-0.15, -0.1) is 0 Å². The fraction of sp³-hybridized carbons (Fsp3) is 0.286. The van der Waals surface area contributed by atoms with E-state index >= 15 is 0 Å². The first-order chi connectivity index (χ1) is 8.27. The molecule has 88 valence electrons. The van der Waals surface area contributed by atoms with Gasteiger partial charge in [0.1, 0.15) is 0 Å². The highest BCUT2D eigenvalue weighted by molar-refractivity contribution is 5.25. The Hall–Kier alpha value is -1.74. The van der Waals surface area contributed by atoms with Gasteiger partial charge in [0.15, 0.2) is 0 Å². The molecule has 1 atom stereocenters. The van der Waals surface area contributed by atoms with E-state index < -0.39 is 0 Å². The molecule has 1 unspecified atom stereocenters. The molecular weight excluding hydrogens is 210 g/mol. The maximum absolute atomic E-state index is 4.29. The fourth-order valence-corrected chi connectivity index (χ4v) is 1.71. The highest BCUT2D eigenvalue weighted by Gasteiger charge is 2.06. The molecule has 0 saturated heterocycles. The molecule has 1 N–H and O–H groups in total. The predicted molar refractivity (Wildman–Crippen MR) is 68.5 cm³/mol. The first kappa shape index (κ1) is 11.7. The van der Waals surface area contributed by atoms with E-state index in [-0.39, 0.29) is 6.04 Å². The fourth-order valence-electron chi connectivity index (χ4n) is 1.71. The number of aromatic nitrogens is 2. The van der Waals surface area contributed by atoms with Crippen molar-refractivity contribution < 1.29 is 0 Å². The SMILES string of the molecule is Cc1ccccc1CNC(C)c1cnccn1. The van der Waals surface area contributed by atoms with Gasteiger partial charge < -0.3 is 5.32 Å². The molecule has 2 aromatic rings. The number of benzene rings is 1. The molecule has 1 aromatic carbocycles. The Labute approximate surface area is 102 Å². The van der Waals surface area contributed by atoms with Crippen LogP contribution >= 0.6 is 0 Å². The Balaban J connectivity index is 1.97. The van der Waals surface area contributed by atoms with Crippen molar-refractivity contribution in [3.63, 3.8) is 0 Å². The van der Waals surface area contributed by atoms with Crippen molar-refractivity contribution in [2.24, 2.45) is 0 Å². The van der Waals surface area contributed by atoms with Crippen LogP contribution in [0.4, 0.5) is 0 Å². The third kappa shape index (κ3) is 3.11. The summed E-state index contributed by atoms with van der Waals surface area (Å²) in [5.41, 5.74) is 3.61. The standard InChI is InChI=1S/C14H17N3/c1-11-5-3-4-6-13(11)9-17-12(2)14-10-15-7-8-16-14/h3-8,10,12,17H,9H2,1-2H3. The van der Waals surface area contributed by atoms with Gasteiger partial charge in [0.05, 0.1) is 5.69 Å². The van der Waals surface area contributed by atoms with Crippen LogP contribution in [-0.2, 0) is 6.54 Å². The Morgan fingerprint density at radius 3 is 2.76 bits per heavy atom. The van der Waals surface area contributed by atoms with Crippen LogP contribution in [0, 0.1) is 6.92 Å². The zero-order valence-electron chi connectivity index (χ0n) is 10.2. The van der Waals surface area contributed by atoms with Crippen LogP contribution < -0.4 is 5.32 Å². The summed E-state index contributed by atoms with van der Waals surface area (Å²) in [7, 11) is 0. The van der Waals surface area contributed by atoms with Crippen molar-refractivity contribution >= 4 is 0 Å². The molecule has 3 heteroatoms. The van der Waals surface area contributed by atoms with Gasteiger partial charge in [0, 0.05) is 31.2 Å². The van der Waals surface area contributed by atoms with Crippen LogP contribution in [0.1, 0.15) is 29.8 Å². The third-order valence-corrected chi connectivity index (χ3v) is 2.89. The average Bonchev–Trinajstić information content (AvgIpc) is 2.38. The van der Waals surface area contributed by atoms with Gasteiger partial charge in [-0.3, -0.25) is 9.97 Å². The summed E-state index contributed by atoms with van der Waals surface area (Å²) in [6.45, 7) is 5.08. The van der Waals surface area contributed by atoms with Gasteiger partial charge >= 0.3 is 0 Å². The molecule has 0 amide bonds. The van der Waals surface area contributed by atoms with Crippen LogP contribution in [0.5, 0.6) is 0 Å². The van der Waals surface area contributed by atoms with Gasteiger partial charge in [0.2, 0.25) is 0 Å². The van der Waals surface area contributed by atoms with Crippen molar-refractivity contribution in [2.75, 3.05) is 0 Å². The monoisotopic (exact) mass is 227 g/mol. The molecule has 0 aliphatic rings. The highest BCUT2D eigenvalue weighted by Crippen LogP contribution is 2.11. The molecule has 0 bridgehead atoms. The zero-order chi connectivity index (χ0) is 12.1. The minimum Gasteiger partial charge on any atom is -0.305 e. The maximum Gasteiger partial charge on any atom is 0.0753 e. The van der Waals surface area contributed by atoms with Gasteiger partial charge in [0.25, 0.3) is 0 Å². The van der Waals surface area contributed by atoms with Crippen molar-refractivity contribution in [1.29, 1.82) is 0 Å². The molecule has 1 heterocycles. The lowest BCUT2D eigenvalue weighted by Gasteiger charge is -2.13. The second-order valence-corrected chi connectivity index (χ2v) is 4.16. The summed E-state index contributed by atoms with van der Waals surface area (Å²) in [6.07, 6.45) is 5.22. The van der Waals surface area contributed by atoms with E-state index in [9.17, 15) is 0 Å². The van der Waals surface area contributed by atoms with E-state index in [1.54, 1.807) is 18.6 Å². The molecule has 0 aliphatic heterocycles. The third-order valence-electron chi connectivity index (χ3n) is 2.89. The smallest absolute Gasteiger partial charge is 0.0753 e. The van der Waals surface area contributed by atoms with E-state index in [0.717, 1.165) is 12.2 Å². The lowest BCUT2D eigenvalue weighted by molar-refractivity contribution is 0.558. The molecule has 0 fully saturated rings. The Morgan fingerprint density at radius 2 is 2.06 bits per heavy atom. The van der Waals surface area contributed by atoms with Gasteiger partial charge in [-0.05, 0) is 25.0 Å². The van der Waals surface area contributed by atoms with E-state index in [2.05, 4.69) is 53.4 Å². The second kappa shape index (κ2) is 5.55. The number of nitrogens with zero attached hydrogens (tertiary/aromatic N) is 2. The normalized spacial score (nSPS) is 12.4. The van der Waals surface area contributed by atoms with Crippen LogP contribution in [0.2, 0.25) is 0 Å². The minimum atomic E-state index is 0.211. The van der Waals surface area contributed by atoms with Gasteiger partial charge in [-0.2, -0.15) is 0 Å². The Bertz CT molecular complexity index is 468. The van der Waals surface area contributed by atoms with Crippen molar-refractivity contribution in [1.82, 2.24) is 15.3 Å². The molecule has 0 radical (unpaired) electrons. The molecule has 1 aromatic heterocycles. The first-order valence-electron chi connectivity index (χ1n) is 5.81. The maximum atomic E-state index is 4.29. The van der Waals surface area contributed by atoms with Crippen LogP contribution in [-0.4, -0.2) is 9.97 Å². The lowest BCUT2D eigenvalue weighted by atomic mass is 10.1. The van der Waals surface area contributed by atoms with Gasteiger partial charge in [-0.25, -0.2) is 0 Å². The summed E-state index contributed by atoms with van der Waals surface area (Å²) in [6, 6.07) is 8.61. The summed E-state index contributed by atoms with van der Waals surface area (Å²) in [4.78, 5) is 8.36. The molecule has 0 saturated carbocycles. The largest absolute Gasteiger partial charge is 0.305 e. The molecule has 17 heavy (non-hydrogen) atoms. The first-order valence-corrected chi connectivity index (χ1v) is 5.81. The Kier molecular flexibility index (Phi) is 3.83. The van der Waals surface area contributed by atoms with E-state index in [1.165, 1.54) is 11.1 Å². The highest BCUT2D eigenvalue weighted by atomic mass is 14.9. The van der Waals surface area contributed by atoms with E-state index in [4.69, 9.17) is 0 Å². The number of aryl methyl sites for hydroxylation is 1. The van der Waals surface area contributed by atoms with Crippen molar-refractivity contribution in [3.05, 3.63) is 59.7 Å². The predicted octanol–water partition coefficient (Wildman–Crippen LogP) is 2.64. The number of rotatable bonds is 4. The minimum absolute atomic E-state index is 0.211. The lowest BCUT2D eigenvalue weighted by Crippen LogP contribution is -2.19. The van der Waals surface area contributed by atoms with Crippen molar-refractivity contribution in [3.8, 4) is 0 Å². The van der Waals surface area contributed by atoms with Crippen LogP contribution in [0.15, 0.2) is 42.9 Å². The summed E-state index contributed by atoms with van der Waals surface area (Å²) in [5, 5.41) is 3.45. The topological polar surface area (TPSA) is 37.8 Å². The molecule has 0 spiro atoms. The van der Waals surface area contributed by atoms with Crippen LogP contribution in [0.3, 0.4) is 0 Å². The van der Waals surface area contributed by atoms with Crippen molar-refractivity contribution in [2.45, 2.75) is 26.4 Å². The summed E-state index contributed by atoms with van der Waals surface area (Å²) < 4.78 is 0. The zero-order valence-corrected chi connectivity index (χ0v) is 10.2. The molecular formula is C14H17N3. The average molecular weight is 227 g/mol. The molecule has 0 aliphatic carbocycles. The van der Waals surface area contributed by atoms with Gasteiger partial charge in [-0.1, -0.05) is 24.3 Å².